The van der Waals surface area contributed by atoms with Crippen LogP contribution in [0.15, 0.2) is 24.4 Å². The second-order valence-electron chi connectivity index (χ2n) is 5.78. The Labute approximate surface area is 125 Å². The van der Waals surface area contributed by atoms with Crippen molar-refractivity contribution in [2.24, 2.45) is 0 Å². The molecule has 1 saturated heterocycles. The van der Waals surface area contributed by atoms with Gasteiger partial charge in [0.05, 0.1) is 22.7 Å². The van der Waals surface area contributed by atoms with Gasteiger partial charge in [-0.05, 0) is 44.9 Å². The average Bonchev–Trinajstić information content (AvgIpc) is 2.85. The molecule has 6 heteroatoms. The lowest BCUT2D eigenvalue weighted by Gasteiger charge is -2.28. The van der Waals surface area contributed by atoms with Crippen molar-refractivity contribution in [2.45, 2.75) is 44.5 Å². The summed E-state index contributed by atoms with van der Waals surface area (Å²) in [5, 5.41) is 8.69. The van der Waals surface area contributed by atoms with E-state index >= 15 is 0 Å². The molecule has 1 fully saturated rings. The van der Waals surface area contributed by atoms with Gasteiger partial charge in [0, 0.05) is 23.7 Å². The Kier molecular flexibility index (Phi) is 3.65. The molecule has 2 atom stereocenters. The Bertz CT molecular complexity index is 751. The van der Waals surface area contributed by atoms with Gasteiger partial charge in [0.25, 0.3) is 0 Å². The summed E-state index contributed by atoms with van der Waals surface area (Å²) in [6, 6.07) is 6.41. The molecule has 0 aliphatic carbocycles. The highest BCUT2D eigenvalue weighted by molar-refractivity contribution is 7.92. The van der Waals surface area contributed by atoms with Crippen LogP contribution >= 0.6 is 0 Å². The number of fused-ring (bicyclic) bond motifs is 1. The van der Waals surface area contributed by atoms with Crippen molar-refractivity contribution in [3.8, 4) is 0 Å². The molecule has 1 aliphatic heterocycles. The molecule has 2 heterocycles. The van der Waals surface area contributed by atoms with Gasteiger partial charge in [-0.25, -0.2) is 8.42 Å². The summed E-state index contributed by atoms with van der Waals surface area (Å²) in [4.78, 5) is 0. The second kappa shape index (κ2) is 5.33. The molecule has 21 heavy (non-hydrogen) atoms. The van der Waals surface area contributed by atoms with E-state index in [-0.39, 0.29) is 17.0 Å². The van der Waals surface area contributed by atoms with Crippen LogP contribution in [0.4, 0.5) is 5.69 Å². The fourth-order valence-corrected chi connectivity index (χ4v) is 4.49. The third-order valence-corrected chi connectivity index (χ3v) is 6.52. The van der Waals surface area contributed by atoms with Gasteiger partial charge >= 0.3 is 0 Å². The van der Waals surface area contributed by atoms with E-state index in [1.165, 1.54) is 0 Å². The lowest BCUT2D eigenvalue weighted by Crippen LogP contribution is -2.37. The van der Waals surface area contributed by atoms with Crippen molar-refractivity contribution >= 4 is 26.4 Å². The van der Waals surface area contributed by atoms with Crippen LogP contribution < -0.4 is 5.32 Å². The average molecular weight is 307 g/mol. The molecule has 3 rings (SSSR count). The van der Waals surface area contributed by atoms with Gasteiger partial charge in [-0.1, -0.05) is 0 Å². The molecular formula is C15H21N3O2S. The fourth-order valence-electron chi connectivity index (χ4n) is 2.95. The molecule has 1 aromatic heterocycles. The van der Waals surface area contributed by atoms with Crippen molar-refractivity contribution in [2.75, 3.05) is 11.1 Å². The number of anilines is 1. The summed E-state index contributed by atoms with van der Waals surface area (Å²) in [6.07, 6.45) is 3.23. The highest BCUT2D eigenvalue weighted by Crippen LogP contribution is 2.25. The predicted octanol–water partition coefficient (Wildman–Crippen LogP) is 2.43. The first-order valence-corrected chi connectivity index (χ1v) is 9.15. The fraction of sp³-hybridized carbons (Fsp3) is 0.533. The van der Waals surface area contributed by atoms with Gasteiger partial charge < -0.3 is 5.32 Å². The minimum atomic E-state index is -2.88. The van der Waals surface area contributed by atoms with E-state index in [1.54, 1.807) is 6.92 Å². The molecule has 0 amide bonds. The normalized spacial score (nSPS) is 25.0. The van der Waals surface area contributed by atoms with Crippen LogP contribution in [0.1, 0.15) is 26.7 Å². The summed E-state index contributed by atoms with van der Waals surface area (Å²) in [6.45, 7) is 4.71. The molecule has 5 nitrogen and oxygen atoms in total. The summed E-state index contributed by atoms with van der Waals surface area (Å²) in [5.41, 5.74) is 2.15. The number of benzene rings is 1. The molecular weight excluding hydrogens is 286 g/mol. The highest BCUT2D eigenvalue weighted by Gasteiger charge is 2.30. The van der Waals surface area contributed by atoms with Gasteiger partial charge in [-0.3, -0.25) is 4.68 Å². The van der Waals surface area contributed by atoms with Crippen LogP contribution in [-0.2, 0) is 16.4 Å². The van der Waals surface area contributed by atoms with Gasteiger partial charge in [0.1, 0.15) is 0 Å². The molecule has 0 saturated carbocycles. The molecule has 1 N–H and O–H groups in total. The maximum absolute atomic E-state index is 11.8. The van der Waals surface area contributed by atoms with Gasteiger partial charge in [-0.2, -0.15) is 5.10 Å². The van der Waals surface area contributed by atoms with Crippen LogP contribution in [0.25, 0.3) is 10.9 Å². The summed E-state index contributed by atoms with van der Waals surface area (Å²) in [5.74, 6) is 0.279. The van der Waals surface area contributed by atoms with E-state index in [0.29, 0.717) is 12.8 Å². The van der Waals surface area contributed by atoms with Crippen LogP contribution in [0.3, 0.4) is 0 Å². The number of nitrogens with zero attached hydrogens (tertiary/aromatic N) is 2. The molecule has 0 radical (unpaired) electrons. The highest BCUT2D eigenvalue weighted by atomic mass is 32.2. The van der Waals surface area contributed by atoms with Crippen molar-refractivity contribution < 1.29 is 8.42 Å². The first kappa shape index (κ1) is 14.4. The molecule has 2 unspecified atom stereocenters. The number of rotatable bonds is 3. The van der Waals surface area contributed by atoms with Crippen molar-refractivity contribution in [1.82, 2.24) is 9.78 Å². The van der Waals surface area contributed by atoms with Crippen LogP contribution in [0, 0.1) is 0 Å². The summed E-state index contributed by atoms with van der Waals surface area (Å²) in [7, 11) is -2.88. The Hall–Kier alpha value is -1.56. The quantitative estimate of drug-likeness (QED) is 0.946. The molecule has 114 valence electrons. The van der Waals surface area contributed by atoms with Gasteiger partial charge in [0.15, 0.2) is 9.84 Å². The van der Waals surface area contributed by atoms with Crippen LogP contribution in [-0.4, -0.2) is 35.2 Å². The standard InChI is InChI=1S/C15H21N3O2S/c1-3-18-15-9-13(5-4-12(15)10-16-18)17-14-6-7-21(19,20)11(2)8-14/h4-5,9-11,14,17H,3,6-8H2,1-2H3. The number of nitrogens with one attached hydrogen (secondary N) is 1. The Morgan fingerprint density at radius 2 is 2.24 bits per heavy atom. The summed E-state index contributed by atoms with van der Waals surface area (Å²) < 4.78 is 25.5. The third kappa shape index (κ3) is 2.77. The number of hydrogen-bond acceptors (Lipinski definition) is 4. The maximum Gasteiger partial charge on any atom is 0.153 e. The lowest BCUT2D eigenvalue weighted by atomic mass is 10.1. The third-order valence-electron chi connectivity index (χ3n) is 4.30. The number of sulfone groups is 1. The van der Waals surface area contributed by atoms with E-state index in [9.17, 15) is 8.42 Å². The van der Waals surface area contributed by atoms with Crippen LogP contribution in [0.2, 0.25) is 0 Å². The van der Waals surface area contributed by atoms with Crippen molar-refractivity contribution in [1.29, 1.82) is 0 Å². The Morgan fingerprint density at radius 3 is 2.95 bits per heavy atom. The van der Waals surface area contributed by atoms with Gasteiger partial charge in [0.2, 0.25) is 0 Å². The molecule has 2 aromatic rings. The zero-order valence-corrected chi connectivity index (χ0v) is 13.2. The van der Waals surface area contributed by atoms with Crippen molar-refractivity contribution in [3.63, 3.8) is 0 Å². The minimum Gasteiger partial charge on any atom is -0.382 e. The molecule has 0 bridgehead atoms. The smallest absolute Gasteiger partial charge is 0.153 e. The SMILES string of the molecule is CCn1ncc2ccc(NC3CCS(=O)(=O)C(C)C3)cc21. The van der Waals surface area contributed by atoms with Crippen LogP contribution in [0.5, 0.6) is 0 Å². The van der Waals surface area contributed by atoms with E-state index in [2.05, 4.69) is 29.5 Å². The monoisotopic (exact) mass is 307 g/mol. The maximum atomic E-state index is 11.8. The summed E-state index contributed by atoms with van der Waals surface area (Å²) >= 11 is 0. The van der Waals surface area contributed by atoms with E-state index in [0.717, 1.165) is 23.1 Å². The molecule has 0 spiro atoms. The number of aromatic nitrogens is 2. The predicted molar refractivity (Wildman–Crippen MR) is 85.3 cm³/mol. The van der Waals surface area contributed by atoms with E-state index in [4.69, 9.17) is 0 Å². The zero-order valence-electron chi connectivity index (χ0n) is 12.4. The minimum absolute atomic E-state index is 0.221. The van der Waals surface area contributed by atoms with E-state index < -0.39 is 9.84 Å². The Morgan fingerprint density at radius 1 is 1.43 bits per heavy atom. The number of hydrogen-bond donors (Lipinski definition) is 1. The zero-order chi connectivity index (χ0) is 15.0. The van der Waals surface area contributed by atoms with Gasteiger partial charge in [-0.15, -0.1) is 0 Å². The van der Waals surface area contributed by atoms with Crippen molar-refractivity contribution in [3.05, 3.63) is 24.4 Å². The largest absolute Gasteiger partial charge is 0.382 e. The Balaban J connectivity index is 1.79. The topological polar surface area (TPSA) is 64.0 Å². The van der Waals surface area contributed by atoms with E-state index in [1.807, 2.05) is 16.9 Å². The first-order valence-electron chi connectivity index (χ1n) is 7.43. The first-order chi connectivity index (χ1) is 9.99. The molecule has 1 aromatic carbocycles. The second-order valence-corrected chi connectivity index (χ2v) is 8.32. The molecule has 1 aliphatic rings. The number of aryl methyl sites for hydroxylation is 1. The lowest BCUT2D eigenvalue weighted by molar-refractivity contribution is 0.528.